The molecule has 1 aromatic rings. The van der Waals surface area contributed by atoms with Crippen molar-refractivity contribution in [3.63, 3.8) is 0 Å². The quantitative estimate of drug-likeness (QED) is 0.267. The zero-order chi connectivity index (χ0) is 17.4. The van der Waals surface area contributed by atoms with Crippen LogP contribution in [0.25, 0.3) is 0 Å². The van der Waals surface area contributed by atoms with Gasteiger partial charge in [-0.25, -0.2) is 4.99 Å². The summed E-state index contributed by atoms with van der Waals surface area (Å²) < 4.78 is 6.75. The SMILES string of the molecule is CCNC(=NCC(=O)NCCOC)N1CCC(c2cnn(C)c2)C1.I. The van der Waals surface area contributed by atoms with Gasteiger partial charge in [0.2, 0.25) is 5.91 Å². The number of likely N-dealkylation sites (tertiary alicyclic amines) is 1. The lowest BCUT2D eigenvalue weighted by molar-refractivity contribution is -0.119. The maximum Gasteiger partial charge on any atom is 0.241 e. The van der Waals surface area contributed by atoms with E-state index >= 15 is 0 Å². The minimum atomic E-state index is -0.0922. The summed E-state index contributed by atoms with van der Waals surface area (Å²) in [6.07, 6.45) is 5.07. The van der Waals surface area contributed by atoms with Gasteiger partial charge in [-0.1, -0.05) is 0 Å². The predicted molar refractivity (Wildman–Crippen MR) is 108 cm³/mol. The lowest BCUT2D eigenvalue weighted by Crippen LogP contribution is -2.41. The standard InChI is InChI=1S/C16H28N6O2.HI/c1-4-17-16(19-10-15(23)18-6-8-24-3)22-7-5-13(12-22)14-9-20-21(2)11-14;/h9,11,13H,4-8,10,12H2,1-3H3,(H,17,19)(H,18,23);1H. The van der Waals surface area contributed by atoms with Gasteiger partial charge in [-0.2, -0.15) is 5.10 Å². The number of rotatable bonds is 7. The van der Waals surface area contributed by atoms with Crippen LogP contribution in [0.4, 0.5) is 0 Å². The van der Waals surface area contributed by atoms with Crippen molar-refractivity contribution in [3.8, 4) is 0 Å². The number of hydrogen-bond acceptors (Lipinski definition) is 4. The Balaban J connectivity index is 0.00000312. The molecule has 1 aliphatic heterocycles. The topological polar surface area (TPSA) is 83.8 Å². The number of aryl methyl sites for hydroxylation is 1. The number of carbonyl (C=O) groups is 1. The molecule has 1 aliphatic rings. The number of aromatic nitrogens is 2. The molecule has 0 bridgehead atoms. The van der Waals surface area contributed by atoms with Crippen molar-refractivity contribution in [3.05, 3.63) is 18.0 Å². The molecule has 2 heterocycles. The number of ether oxygens (including phenoxy) is 1. The maximum absolute atomic E-state index is 11.8. The minimum absolute atomic E-state index is 0. The summed E-state index contributed by atoms with van der Waals surface area (Å²) in [6.45, 7) is 5.77. The Kier molecular flexibility index (Phi) is 9.79. The van der Waals surface area contributed by atoms with Crippen LogP contribution in [-0.4, -0.2) is 73.0 Å². The van der Waals surface area contributed by atoms with Crippen LogP contribution in [0, 0.1) is 0 Å². The number of amides is 1. The molecule has 0 radical (unpaired) electrons. The van der Waals surface area contributed by atoms with Crippen LogP contribution < -0.4 is 10.6 Å². The van der Waals surface area contributed by atoms with Crippen LogP contribution in [0.2, 0.25) is 0 Å². The van der Waals surface area contributed by atoms with Crippen LogP contribution >= 0.6 is 24.0 Å². The molecule has 0 saturated carbocycles. The fourth-order valence-corrected chi connectivity index (χ4v) is 2.80. The number of nitrogens with one attached hydrogen (secondary N) is 2. The lowest BCUT2D eigenvalue weighted by Gasteiger charge is -2.21. The van der Waals surface area contributed by atoms with Crippen LogP contribution in [0.3, 0.4) is 0 Å². The molecule has 1 saturated heterocycles. The molecule has 2 rings (SSSR count). The van der Waals surface area contributed by atoms with Gasteiger partial charge in [-0.15, -0.1) is 24.0 Å². The molecular weight excluding hydrogens is 435 g/mol. The number of aliphatic imine (C=N–C) groups is 1. The third kappa shape index (κ3) is 6.81. The van der Waals surface area contributed by atoms with E-state index in [9.17, 15) is 4.79 Å². The van der Waals surface area contributed by atoms with Crippen molar-refractivity contribution >= 4 is 35.8 Å². The first kappa shape index (κ1) is 21.7. The normalized spacial score (nSPS) is 17.3. The second kappa shape index (κ2) is 11.3. The molecule has 1 amide bonds. The highest BCUT2D eigenvalue weighted by atomic mass is 127. The van der Waals surface area contributed by atoms with Crippen LogP contribution in [-0.2, 0) is 16.6 Å². The molecule has 1 unspecified atom stereocenters. The molecule has 25 heavy (non-hydrogen) atoms. The molecule has 9 heteroatoms. The second-order valence-corrected chi connectivity index (χ2v) is 5.89. The molecule has 2 N–H and O–H groups in total. The summed E-state index contributed by atoms with van der Waals surface area (Å²) in [6, 6.07) is 0. The number of methoxy groups -OCH3 is 1. The highest BCUT2D eigenvalue weighted by Crippen LogP contribution is 2.26. The predicted octanol–water partition coefficient (Wildman–Crippen LogP) is 0.556. The van der Waals surface area contributed by atoms with Crippen molar-refractivity contribution in [1.29, 1.82) is 0 Å². The number of hydrogen-bond donors (Lipinski definition) is 2. The van der Waals surface area contributed by atoms with Gasteiger partial charge in [0, 0.05) is 52.5 Å². The Morgan fingerprint density at radius 3 is 2.92 bits per heavy atom. The van der Waals surface area contributed by atoms with Gasteiger partial charge >= 0.3 is 0 Å². The summed E-state index contributed by atoms with van der Waals surface area (Å²) in [5.74, 6) is 1.16. The molecule has 0 aromatic carbocycles. The molecule has 1 aromatic heterocycles. The third-order valence-corrected chi connectivity index (χ3v) is 4.02. The van der Waals surface area contributed by atoms with Gasteiger partial charge < -0.3 is 20.3 Å². The Morgan fingerprint density at radius 1 is 1.48 bits per heavy atom. The first-order chi connectivity index (χ1) is 11.6. The van der Waals surface area contributed by atoms with E-state index in [-0.39, 0.29) is 36.4 Å². The second-order valence-electron chi connectivity index (χ2n) is 5.89. The Morgan fingerprint density at radius 2 is 2.28 bits per heavy atom. The molecular formula is C16H29IN6O2. The minimum Gasteiger partial charge on any atom is -0.383 e. The molecule has 1 fully saturated rings. The van der Waals surface area contributed by atoms with Gasteiger partial charge in [0.1, 0.15) is 6.54 Å². The first-order valence-corrected chi connectivity index (χ1v) is 8.41. The molecule has 0 spiro atoms. The van der Waals surface area contributed by atoms with Gasteiger partial charge in [0.25, 0.3) is 0 Å². The number of carbonyl (C=O) groups excluding carboxylic acids is 1. The molecule has 8 nitrogen and oxygen atoms in total. The summed E-state index contributed by atoms with van der Waals surface area (Å²) >= 11 is 0. The fourth-order valence-electron chi connectivity index (χ4n) is 2.80. The first-order valence-electron chi connectivity index (χ1n) is 8.41. The average molecular weight is 464 g/mol. The Labute approximate surface area is 166 Å². The van der Waals surface area contributed by atoms with E-state index in [1.165, 1.54) is 5.56 Å². The molecule has 1 atom stereocenters. The highest BCUT2D eigenvalue weighted by Gasteiger charge is 2.26. The summed E-state index contributed by atoms with van der Waals surface area (Å²) in [7, 11) is 3.55. The molecule has 142 valence electrons. The van der Waals surface area contributed by atoms with E-state index in [2.05, 4.69) is 31.8 Å². The zero-order valence-corrected chi connectivity index (χ0v) is 17.5. The monoisotopic (exact) mass is 464 g/mol. The van der Waals surface area contributed by atoms with Crippen molar-refractivity contribution in [2.75, 3.05) is 46.4 Å². The van der Waals surface area contributed by atoms with Crippen molar-refractivity contribution in [2.24, 2.45) is 12.0 Å². The number of guanidine groups is 1. The van der Waals surface area contributed by atoms with Crippen molar-refractivity contribution < 1.29 is 9.53 Å². The fraction of sp³-hybridized carbons (Fsp3) is 0.688. The van der Waals surface area contributed by atoms with E-state index in [0.717, 1.165) is 32.0 Å². The van der Waals surface area contributed by atoms with Crippen LogP contribution in [0.5, 0.6) is 0 Å². The van der Waals surface area contributed by atoms with Gasteiger partial charge in [-0.05, 0) is 18.9 Å². The van der Waals surface area contributed by atoms with E-state index in [4.69, 9.17) is 4.74 Å². The highest BCUT2D eigenvalue weighted by molar-refractivity contribution is 14.0. The van der Waals surface area contributed by atoms with E-state index < -0.39 is 0 Å². The van der Waals surface area contributed by atoms with E-state index in [1.807, 2.05) is 24.9 Å². The maximum atomic E-state index is 11.8. The molecule has 0 aliphatic carbocycles. The van der Waals surface area contributed by atoms with Crippen LogP contribution in [0.15, 0.2) is 17.4 Å². The Hall–Kier alpha value is -1.36. The lowest BCUT2D eigenvalue weighted by atomic mass is 10.0. The zero-order valence-electron chi connectivity index (χ0n) is 15.2. The van der Waals surface area contributed by atoms with Gasteiger partial charge in [-0.3, -0.25) is 9.48 Å². The summed E-state index contributed by atoms with van der Waals surface area (Å²) in [4.78, 5) is 18.5. The smallest absolute Gasteiger partial charge is 0.241 e. The number of nitrogens with zero attached hydrogens (tertiary/aromatic N) is 4. The largest absolute Gasteiger partial charge is 0.383 e. The summed E-state index contributed by atoms with van der Waals surface area (Å²) in [5.41, 5.74) is 1.26. The van der Waals surface area contributed by atoms with Crippen molar-refractivity contribution in [1.82, 2.24) is 25.3 Å². The van der Waals surface area contributed by atoms with E-state index in [0.29, 0.717) is 19.1 Å². The Bertz CT molecular complexity index is 563. The number of halogens is 1. The third-order valence-electron chi connectivity index (χ3n) is 4.02. The van der Waals surface area contributed by atoms with Crippen molar-refractivity contribution in [2.45, 2.75) is 19.3 Å². The van der Waals surface area contributed by atoms with Crippen LogP contribution in [0.1, 0.15) is 24.8 Å². The summed E-state index contributed by atoms with van der Waals surface area (Å²) in [5, 5.41) is 10.3. The van der Waals surface area contributed by atoms with E-state index in [1.54, 1.807) is 7.11 Å². The average Bonchev–Trinajstić information content (AvgIpc) is 3.20. The van der Waals surface area contributed by atoms with Gasteiger partial charge in [0.05, 0.1) is 12.8 Å². The van der Waals surface area contributed by atoms with Gasteiger partial charge in [0.15, 0.2) is 5.96 Å².